The van der Waals surface area contributed by atoms with Crippen molar-refractivity contribution in [3.05, 3.63) is 54.0 Å². The molecule has 2 heterocycles. The Balaban J connectivity index is 2.03. The summed E-state index contributed by atoms with van der Waals surface area (Å²) in [5.74, 6) is 0. The standard InChI is InChI=1S/C16H19N5/c1-3-10-17-16(15-11-18-20-21(15)2)14-9-8-12-6-4-5-7-13(12)19-14/h4-9,11,16-17H,3,10H2,1-2H3. The minimum absolute atomic E-state index is 0.00885. The lowest BCUT2D eigenvalue weighted by Crippen LogP contribution is -2.26. The molecule has 5 nitrogen and oxygen atoms in total. The van der Waals surface area contributed by atoms with Gasteiger partial charge in [-0.1, -0.05) is 36.4 Å². The van der Waals surface area contributed by atoms with Crippen molar-refractivity contribution in [2.45, 2.75) is 19.4 Å². The molecule has 5 heteroatoms. The fourth-order valence-electron chi connectivity index (χ4n) is 2.45. The molecule has 0 spiro atoms. The molecule has 0 radical (unpaired) electrons. The molecule has 108 valence electrons. The summed E-state index contributed by atoms with van der Waals surface area (Å²) in [6.45, 7) is 3.07. The number of benzene rings is 1. The molecular weight excluding hydrogens is 262 g/mol. The van der Waals surface area contributed by atoms with Gasteiger partial charge in [0.1, 0.15) is 0 Å². The van der Waals surface area contributed by atoms with Gasteiger partial charge in [0.25, 0.3) is 0 Å². The van der Waals surface area contributed by atoms with Gasteiger partial charge in [-0.05, 0) is 25.1 Å². The highest BCUT2D eigenvalue weighted by molar-refractivity contribution is 5.78. The number of para-hydroxylation sites is 1. The lowest BCUT2D eigenvalue weighted by atomic mass is 10.1. The molecule has 2 aromatic heterocycles. The molecule has 1 atom stereocenters. The van der Waals surface area contributed by atoms with Gasteiger partial charge in [-0.25, -0.2) is 0 Å². The average molecular weight is 281 g/mol. The van der Waals surface area contributed by atoms with Gasteiger partial charge in [-0.3, -0.25) is 9.67 Å². The van der Waals surface area contributed by atoms with Crippen LogP contribution in [0.25, 0.3) is 10.9 Å². The highest BCUT2D eigenvalue weighted by atomic mass is 15.4. The normalized spacial score (nSPS) is 12.7. The third-order valence-electron chi connectivity index (χ3n) is 3.56. The van der Waals surface area contributed by atoms with Crippen molar-refractivity contribution in [1.82, 2.24) is 25.3 Å². The van der Waals surface area contributed by atoms with Crippen molar-refractivity contribution < 1.29 is 0 Å². The van der Waals surface area contributed by atoms with E-state index in [0.29, 0.717) is 0 Å². The molecule has 1 aromatic carbocycles. The van der Waals surface area contributed by atoms with Crippen LogP contribution in [0.1, 0.15) is 30.8 Å². The Kier molecular flexibility index (Phi) is 3.92. The minimum Gasteiger partial charge on any atom is -0.304 e. The van der Waals surface area contributed by atoms with Crippen molar-refractivity contribution in [1.29, 1.82) is 0 Å². The fraction of sp³-hybridized carbons (Fsp3) is 0.312. The number of rotatable bonds is 5. The monoisotopic (exact) mass is 281 g/mol. The number of aryl methyl sites for hydroxylation is 1. The number of pyridine rings is 1. The fourth-order valence-corrected chi connectivity index (χ4v) is 2.45. The number of hydrogen-bond donors (Lipinski definition) is 1. The number of nitrogens with zero attached hydrogens (tertiary/aromatic N) is 4. The first-order valence-electron chi connectivity index (χ1n) is 7.23. The summed E-state index contributed by atoms with van der Waals surface area (Å²) in [4.78, 5) is 4.79. The van der Waals surface area contributed by atoms with Gasteiger partial charge in [-0.2, -0.15) is 0 Å². The maximum absolute atomic E-state index is 4.79. The van der Waals surface area contributed by atoms with E-state index >= 15 is 0 Å². The first-order valence-corrected chi connectivity index (χ1v) is 7.23. The predicted octanol–water partition coefficient (Wildman–Crippen LogP) is 2.45. The summed E-state index contributed by atoms with van der Waals surface area (Å²) in [6.07, 6.45) is 2.86. The van der Waals surface area contributed by atoms with Crippen LogP contribution in [0, 0.1) is 0 Å². The maximum atomic E-state index is 4.79. The second-order valence-corrected chi connectivity index (χ2v) is 5.10. The first-order chi connectivity index (χ1) is 10.3. The summed E-state index contributed by atoms with van der Waals surface area (Å²) in [7, 11) is 1.91. The zero-order chi connectivity index (χ0) is 14.7. The van der Waals surface area contributed by atoms with Crippen LogP contribution >= 0.6 is 0 Å². The summed E-state index contributed by atoms with van der Waals surface area (Å²) in [6, 6.07) is 12.4. The second kappa shape index (κ2) is 6.01. The van der Waals surface area contributed by atoms with E-state index in [2.05, 4.69) is 40.8 Å². The van der Waals surface area contributed by atoms with E-state index in [1.807, 2.05) is 25.2 Å². The molecule has 0 saturated carbocycles. The Morgan fingerprint density at radius 3 is 2.81 bits per heavy atom. The predicted molar refractivity (Wildman–Crippen MR) is 82.9 cm³/mol. The smallest absolute Gasteiger partial charge is 0.0938 e. The Morgan fingerprint density at radius 1 is 1.19 bits per heavy atom. The van der Waals surface area contributed by atoms with Gasteiger partial charge in [0.05, 0.1) is 29.1 Å². The Bertz CT molecular complexity index is 734. The molecule has 3 aromatic rings. The zero-order valence-electron chi connectivity index (χ0n) is 12.3. The molecule has 0 aliphatic heterocycles. The van der Waals surface area contributed by atoms with E-state index in [9.17, 15) is 0 Å². The van der Waals surface area contributed by atoms with Crippen LogP contribution in [0.15, 0.2) is 42.6 Å². The van der Waals surface area contributed by atoms with Crippen LogP contribution in [0.4, 0.5) is 0 Å². The van der Waals surface area contributed by atoms with Crippen molar-refractivity contribution in [2.24, 2.45) is 7.05 Å². The zero-order valence-corrected chi connectivity index (χ0v) is 12.3. The topological polar surface area (TPSA) is 55.6 Å². The van der Waals surface area contributed by atoms with Crippen LogP contribution in [0.3, 0.4) is 0 Å². The summed E-state index contributed by atoms with van der Waals surface area (Å²) in [5, 5.41) is 12.7. The lowest BCUT2D eigenvalue weighted by molar-refractivity contribution is 0.542. The molecular formula is C16H19N5. The molecule has 0 bridgehead atoms. The lowest BCUT2D eigenvalue weighted by Gasteiger charge is -2.18. The third-order valence-corrected chi connectivity index (χ3v) is 3.56. The van der Waals surface area contributed by atoms with Gasteiger partial charge >= 0.3 is 0 Å². The van der Waals surface area contributed by atoms with Crippen LogP contribution in [-0.2, 0) is 7.05 Å². The molecule has 0 aliphatic rings. The Hall–Kier alpha value is -2.27. The van der Waals surface area contributed by atoms with E-state index in [1.165, 1.54) is 0 Å². The maximum Gasteiger partial charge on any atom is 0.0938 e. The molecule has 1 N–H and O–H groups in total. The number of aromatic nitrogens is 4. The van der Waals surface area contributed by atoms with Crippen LogP contribution < -0.4 is 5.32 Å². The van der Waals surface area contributed by atoms with Crippen LogP contribution in [0.2, 0.25) is 0 Å². The highest BCUT2D eigenvalue weighted by Gasteiger charge is 2.18. The Morgan fingerprint density at radius 2 is 2.05 bits per heavy atom. The van der Waals surface area contributed by atoms with Crippen molar-refractivity contribution in [3.8, 4) is 0 Å². The van der Waals surface area contributed by atoms with Gasteiger partial charge in [0.2, 0.25) is 0 Å². The van der Waals surface area contributed by atoms with E-state index in [0.717, 1.165) is 35.3 Å². The van der Waals surface area contributed by atoms with Gasteiger partial charge < -0.3 is 5.32 Å². The third kappa shape index (κ3) is 2.78. The van der Waals surface area contributed by atoms with Gasteiger partial charge in [0, 0.05) is 12.4 Å². The summed E-state index contributed by atoms with van der Waals surface area (Å²) >= 11 is 0. The largest absolute Gasteiger partial charge is 0.304 e. The van der Waals surface area contributed by atoms with Gasteiger partial charge in [-0.15, -0.1) is 5.10 Å². The first kappa shape index (κ1) is 13.7. The highest BCUT2D eigenvalue weighted by Crippen LogP contribution is 2.22. The molecule has 21 heavy (non-hydrogen) atoms. The summed E-state index contributed by atoms with van der Waals surface area (Å²) < 4.78 is 1.80. The molecule has 0 aliphatic carbocycles. The van der Waals surface area contributed by atoms with Crippen molar-refractivity contribution in [3.63, 3.8) is 0 Å². The van der Waals surface area contributed by atoms with Crippen molar-refractivity contribution in [2.75, 3.05) is 6.54 Å². The minimum atomic E-state index is 0.00885. The Labute approximate surface area is 124 Å². The van der Waals surface area contributed by atoms with Crippen molar-refractivity contribution >= 4 is 10.9 Å². The van der Waals surface area contributed by atoms with Crippen LogP contribution in [0.5, 0.6) is 0 Å². The average Bonchev–Trinajstić information content (AvgIpc) is 2.94. The number of hydrogen-bond acceptors (Lipinski definition) is 4. The van der Waals surface area contributed by atoms with E-state index in [4.69, 9.17) is 4.98 Å². The van der Waals surface area contributed by atoms with E-state index < -0.39 is 0 Å². The molecule has 0 saturated heterocycles. The summed E-state index contributed by atoms with van der Waals surface area (Å²) in [5.41, 5.74) is 3.02. The SMILES string of the molecule is CCCNC(c1ccc2ccccc2n1)c1cnnn1C. The molecule has 1 unspecified atom stereocenters. The quantitative estimate of drug-likeness (QED) is 0.780. The van der Waals surface area contributed by atoms with Crippen LogP contribution in [-0.4, -0.2) is 26.5 Å². The van der Waals surface area contributed by atoms with E-state index in [1.54, 1.807) is 10.9 Å². The molecule has 0 amide bonds. The van der Waals surface area contributed by atoms with E-state index in [-0.39, 0.29) is 6.04 Å². The van der Waals surface area contributed by atoms with Gasteiger partial charge in [0.15, 0.2) is 0 Å². The molecule has 0 fully saturated rings. The molecule has 3 rings (SSSR count). The number of fused-ring (bicyclic) bond motifs is 1. The number of nitrogens with one attached hydrogen (secondary N) is 1. The second-order valence-electron chi connectivity index (χ2n) is 5.10.